The molecule has 0 N–H and O–H groups in total. The number of hydrogen-bond acceptors (Lipinski definition) is 6. The van der Waals surface area contributed by atoms with Crippen LogP contribution in [-0.4, -0.2) is 72.9 Å². The van der Waals surface area contributed by atoms with Crippen LogP contribution in [0.5, 0.6) is 0 Å². The van der Waals surface area contributed by atoms with Gasteiger partial charge in [0.1, 0.15) is 10.6 Å². The summed E-state index contributed by atoms with van der Waals surface area (Å²) < 4.78 is 12.0. The van der Waals surface area contributed by atoms with Crippen molar-refractivity contribution in [3.63, 3.8) is 0 Å². The van der Waals surface area contributed by atoms with Crippen LogP contribution in [0.1, 0.15) is 5.01 Å². The standard InChI is InChI=1S/C15H23N3O2S/c1-2-4-17-5-7-19-13-15(11-17)12-18(6-8-20-15)10-14-16-3-9-21-14/h2-3,9H,1,4-8,10-13H2. The summed E-state index contributed by atoms with van der Waals surface area (Å²) >= 11 is 1.72. The molecule has 1 aromatic rings. The molecule has 2 aliphatic heterocycles. The van der Waals surface area contributed by atoms with Crippen molar-refractivity contribution >= 4 is 11.3 Å². The van der Waals surface area contributed by atoms with E-state index >= 15 is 0 Å². The van der Waals surface area contributed by atoms with E-state index in [2.05, 4.69) is 21.4 Å². The Balaban J connectivity index is 1.66. The van der Waals surface area contributed by atoms with Crippen molar-refractivity contribution in [3.05, 3.63) is 29.2 Å². The second-order valence-electron chi connectivity index (χ2n) is 5.74. The molecule has 1 aromatic heterocycles. The van der Waals surface area contributed by atoms with Gasteiger partial charge in [0, 0.05) is 44.3 Å². The van der Waals surface area contributed by atoms with E-state index in [9.17, 15) is 0 Å². The molecule has 5 nitrogen and oxygen atoms in total. The second kappa shape index (κ2) is 6.98. The molecule has 0 aliphatic carbocycles. The van der Waals surface area contributed by atoms with Crippen molar-refractivity contribution < 1.29 is 9.47 Å². The number of rotatable bonds is 4. The summed E-state index contributed by atoms with van der Waals surface area (Å²) in [6, 6.07) is 0. The molecule has 3 rings (SSSR count). The summed E-state index contributed by atoms with van der Waals surface area (Å²) in [6.45, 7) is 11.6. The van der Waals surface area contributed by atoms with Crippen molar-refractivity contribution in [1.29, 1.82) is 0 Å². The maximum Gasteiger partial charge on any atom is 0.117 e. The molecule has 0 amide bonds. The lowest BCUT2D eigenvalue weighted by Gasteiger charge is -2.43. The first-order valence-corrected chi connectivity index (χ1v) is 8.33. The van der Waals surface area contributed by atoms with Crippen molar-refractivity contribution in [2.75, 3.05) is 52.5 Å². The Kier molecular flexibility index (Phi) is 5.03. The van der Waals surface area contributed by atoms with Crippen molar-refractivity contribution in [2.24, 2.45) is 0 Å². The fraction of sp³-hybridized carbons (Fsp3) is 0.667. The second-order valence-corrected chi connectivity index (χ2v) is 6.72. The van der Waals surface area contributed by atoms with Crippen LogP contribution in [-0.2, 0) is 16.0 Å². The van der Waals surface area contributed by atoms with E-state index in [1.54, 1.807) is 11.3 Å². The van der Waals surface area contributed by atoms with Gasteiger partial charge in [0.05, 0.1) is 26.4 Å². The van der Waals surface area contributed by atoms with Crippen LogP contribution in [0.4, 0.5) is 0 Å². The molecule has 0 radical (unpaired) electrons. The third-order valence-electron chi connectivity index (χ3n) is 3.99. The number of ether oxygens (including phenoxy) is 2. The zero-order valence-corrected chi connectivity index (χ0v) is 13.2. The van der Waals surface area contributed by atoms with Gasteiger partial charge in [0.15, 0.2) is 0 Å². The van der Waals surface area contributed by atoms with Crippen LogP contribution in [0, 0.1) is 0 Å². The maximum absolute atomic E-state index is 6.15. The molecule has 0 aromatic carbocycles. The van der Waals surface area contributed by atoms with Gasteiger partial charge < -0.3 is 9.47 Å². The molecular formula is C15H23N3O2S. The van der Waals surface area contributed by atoms with Crippen LogP contribution in [0.3, 0.4) is 0 Å². The van der Waals surface area contributed by atoms with E-state index in [0.717, 1.165) is 52.5 Å². The van der Waals surface area contributed by atoms with Crippen molar-refractivity contribution in [1.82, 2.24) is 14.8 Å². The van der Waals surface area contributed by atoms with Gasteiger partial charge in [0.25, 0.3) is 0 Å². The fourth-order valence-electron chi connectivity index (χ4n) is 3.09. The molecular weight excluding hydrogens is 286 g/mol. The summed E-state index contributed by atoms with van der Waals surface area (Å²) in [6.07, 6.45) is 3.83. The smallest absolute Gasteiger partial charge is 0.117 e. The van der Waals surface area contributed by atoms with Crippen molar-refractivity contribution in [3.8, 4) is 0 Å². The Morgan fingerprint density at radius 1 is 1.33 bits per heavy atom. The number of morpholine rings is 1. The van der Waals surface area contributed by atoms with Gasteiger partial charge in [-0.2, -0.15) is 0 Å². The van der Waals surface area contributed by atoms with Gasteiger partial charge >= 0.3 is 0 Å². The van der Waals surface area contributed by atoms with E-state index in [4.69, 9.17) is 9.47 Å². The molecule has 3 heterocycles. The highest BCUT2D eigenvalue weighted by Crippen LogP contribution is 2.24. The quantitative estimate of drug-likeness (QED) is 0.782. The lowest BCUT2D eigenvalue weighted by Crippen LogP contribution is -2.58. The highest BCUT2D eigenvalue weighted by atomic mass is 32.1. The van der Waals surface area contributed by atoms with Crippen LogP contribution >= 0.6 is 11.3 Å². The van der Waals surface area contributed by atoms with E-state index in [0.29, 0.717) is 6.61 Å². The first-order valence-electron chi connectivity index (χ1n) is 7.45. The molecule has 2 saturated heterocycles. The first-order chi connectivity index (χ1) is 10.3. The lowest BCUT2D eigenvalue weighted by molar-refractivity contribution is -0.142. The van der Waals surface area contributed by atoms with E-state index in [1.807, 2.05) is 17.7 Å². The molecule has 1 spiro atoms. The highest BCUT2D eigenvalue weighted by molar-refractivity contribution is 7.09. The average Bonchev–Trinajstić information content (AvgIpc) is 2.90. The topological polar surface area (TPSA) is 37.8 Å². The van der Waals surface area contributed by atoms with Crippen LogP contribution in [0.15, 0.2) is 24.2 Å². The Morgan fingerprint density at radius 2 is 2.19 bits per heavy atom. The van der Waals surface area contributed by atoms with Crippen LogP contribution in [0.2, 0.25) is 0 Å². The van der Waals surface area contributed by atoms with E-state index in [-0.39, 0.29) is 5.60 Å². The minimum absolute atomic E-state index is 0.213. The summed E-state index contributed by atoms with van der Waals surface area (Å²) in [5.41, 5.74) is -0.213. The van der Waals surface area contributed by atoms with Gasteiger partial charge in [-0.05, 0) is 0 Å². The summed E-state index contributed by atoms with van der Waals surface area (Å²) in [5.74, 6) is 0. The van der Waals surface area contributed by atoms with Gasteiger partial charge in [0.2, 0.25) is 0 Å². The Bertz CT molecular complexity index is 454. The summed E-state index contributed by atoms with van der Waals surface area (Å²) in [4.78, 5) is 9.19. The average molecular weight is 309 g/mol. The SMILES string of the molecule is C=CCN1CCOCC2(C1)CN(Cc1nccs1)CCO2. The van der Waals surface area contributed by atoms with Gasteiger partial charge in [-0.25, -0.2) is 4.98 Å². The number of nitrogens with zero attached hydrogens (tertiary/aromatic N) is 3. The van der Waals surface area contributed by atoms with Gasteiger partial charge in [-0.15, -0.1) is 17.9 Å². The zero-order valence-electron chi connectivity index (χ0n) is 12.4. The predicted octanol–water partition coefficient (Wildman–Crippen LogP) is 1.23. The molecule has 2 aliphatic rings. The van der Waals surface area contributed by atoms with Gasteiger partial charge in [-0.3, -0.25) is 9.80 Å². The largest absolute Gasteiger partial charge is 0.377 e. The molecule has 1 atom stereocenters. The minimum Gasteiger partial charge on any atom is -0.377 e. The minimum atomic E-state index is -0.213. The molecule has 0 saturated carbocycles. The number of hydrogen-bond donors (Lipinski definition) is 0. The number of aromatic nitrogens is 1. The predicted molar refractivity (Wildman–Crippen MR) is 83.5 cm³/mol. The van der Waals surface area contributed by atoms with Crippen molar-refractivity contribution in [2.45, 2.75) is 12.1 Å². The molecule has 1 unspecified atom stereocenters. The summed E-state index contributed by atoms with van der Waals surface area (Å²) in [7, 11) is 0. The molecule has 2 fully saturated rings. The van der Waals surface area contributed by atoms with Gasteiger partial charge in [-0.1, -0.05) is 6.08 Å². The highest BCUT2D eigenvalue weighted by Gasteiger charge is 2.40. The Labute approximate surface area is 130 Å². The molecule has 116 valence electrons. The van der Waals surface area contributed by atoms with Crippen LogP contribution in [0.25, 0.3) is 0 Å². The molecule has 0 bridgehead atoms. The third kappa shape index (κ3) is 3.90. The van der Waals surface area contributed by atoms with E-state index in [1.165, 1.54) is 5.01 Å². The lowest BCUT2D eigenvalue weighted by atomic mass is 10.0. The summed E-state index contributed by atoms with van der Waals surface area (Å²) in [5, 5.41) is 3.20. The maximum atomic E-state index is 6.15. The fourth-order valence-corrected chi connectivity index (χ4v) is 3.74. The molecule has 21 heavy (non-hydrogen) atoms. The Morgan fingerprint density at radius 3 is 3.00 bits per heavy atom. The zero-order chi connectivity index (χ0) is 14.5. The number of thiazole rings is 1. The molecule has 6 heteroatoms. The van der Waals surface area contributed by atoms with Crippen LogP contribution < -0.4 is 0 Å². The Hall–Kier alpha value is -0.790. The van der Waals surface area contributed by atoms with E-state index < -0.39 is 0 Å². The third-order valence-corrected chi connectivity index (χ3v) is 4.75. The monoisotopic (exact) mass is 309 g/mol. The first kappa shape index (κ1) is 15.1. The normalized spacial score (nSPS) is 28.6.